The van der Waals surface area contributed by atoms with Gasteiger partial charge >= 0.3 is 0 Å². The van der Waals surface area contributed by atoms with Gasteiger partial charge in [0.05, 0.1) is 6.61 Å². The fraction of sp³-hybridized carbons (Fsp3) is 0.588. The van der Waals surface area contributed by atoms with Crippen molar-refractivity contribution < 1.29 is 9.53 Å². The van der Waals surface area contributed by atoms with Gasteiger partial charge in [0.1, 0.15) is 0 Å². The first-order chi connectivity index (χ1) is 10.5. The molecule has 1 aromatic rings. The molecule has 5 heteroatoms. The van der Waals surface area contributed by atoms with Crippen molar-refractivity contribution in [3.8, 4) is 0 Å². The van der Waals surface area contributed by atoms with Gasteiger partial charge in [0.2, 0.25) is 5.91 Å². The molecule has 2 rings (SSSR count). The van der Waals surface area contributed by atoms with E-state index in [4.69, 9.17) is 16.3 Å². The maximum absolute atomic E-state index is 12.1. The monoisotopic (exact) mass is 324 g/mol. The Morgan fingerprint density at radius 3 is 3.00 bits per heavy atom. The third-order valence-corrected chi connectivity index (χ3v) is 4.36. The summed E-state index contributed by atoms with van der Waals surface area (Å²) in [6.07, 6.45) is 2.78. The highest BCUT2D eigenvalue weighted by molar-refractivity contribution is 6.31. The second-order valence-corrected chi connectivity index (χ2v) is 6.52. The van der Waals surface area contributed by atoms with Gasteiger partial charge in [-0.05, 0) is 50.3 Å². The van der Waals surface area contributed by atoms with E-state index in [0.717, 1.165) is 37.4 Å². The van der Waals surface area contributed by atoms with Crippen LogP contribution in [0.3, 0.4) is 0 Å². The first kappa shape index (κ1) is 17.3. The molecule has 4 nitrogen and oxygen atoms in total. The largest absolute Gasteiger partial charge is 0.381 e. The number of hydrogen-bond donors (Lipinski definition) is 2. The average molecular weight is 325 g/mol. The van der Waals surface area contributed by atoms with Gasteiger partial charge in [0.15, 0.2) is 0 Å². The number of hydrogen-bond acceptors (Lipinski definition) is 3. The molecule has 1 fully saturated rings. The Bertz CT molecular complexity index is 501. The number of ether oxygens (including phenoxy) is 1. The van der Waals surface area contributed by atoms with Gasteiger partial charge in [-0.15, -0.1) is 0 Å². The van der Waals surface area contributed by atoms with Crippen LogP contribution in [-0.4, -0.2) is 31.7 Å². The zero-order valence-corrected chi connectivity index (χ0v) is 14.1. The molecule has 0 aliphatic carbocycles. The Labute approximate surface area is 137 Å². The highest BCUT2D eigenvalue weighted by Crippen LogP contribution is 2.20. The minimum atomic E-state index is -0.000172. The number of carbonyl (C=O) groups excluding carboxylic acids is 1. The van der Waals surface area contributed by atoms with Gasteiger partial charge in [0, 0.05) is 36.3 Å². The standard InChI is InChI=1S/C17H25ClN2O2/c1-12-5-6-15(9-16(12)18)20-17(21)8-13(2)19-10-14-4-3-7-22-11-14/h5-6,9,13-14,19H,3-4,7-8,10-11H2,1-2H3,(H,20,21). The molecular formula is C17H25ClN2O2. The van der Waals surface area contributed by atoms with E-state index < -0.39 is 0 Å². The van der Waals surface area contributed by atoms with E-state index in [-0.39, 0.29) is 11.9 Å². The third kappa shape index (κ3) is 5.59. The molecule has 2 N–H and O–H groups in total. The summed E-state index contributed by atoms with van der Waals surface area (Å²) in [5.74, 6) is 0.565. The predicted octanol–water partition coefficient (Wildman–Crippen LogP) is 3.38. The molecule has 0 radical (unpaired) electrons. The van der Waals surface area contributed by atoms with Crippen LogP contribution in [0.5, 0.6) is 0 Å². The van der Waals surface area contributed by atoms with Gasteiger partial charge in [-0.25, -0.2) is 0 Å². The maximum Gasteiger partial charge on any atom is 0.225 e. The minimum Gasteiger partial charge on any atom is -0.381 e. The van der Waals surface area contributed by atoms with E-state index in [1.165, 1.54) is 6.42 Å². The van der Waals surface area contributed by atoms with E-state index in [2.05, 4.69) is 10.6 Å². The lowest BCUT2D eigenvalue weighted by Gasteiger charge is -2.24. The van der Waals surface area contributed by atoms with Crippen molar-refractivity contribution in [1.82, 2.24) is 5.32 Å². The Kier molecular flexibility index (Phi) is 6.68. The third-order valence-electron chi connectivity index (χ3n) is 3.96. The van der Waals surface area contributed by atoms with Crippen molar-refractivity contribution >= 4 is 23.2 Å². The van der Waals surface area contributed by atoms with Crippen LogP contribution in [0.4, 0.5) is 5.69 Å². The molecular weight excluding hydrogens is 300 g/mol. The number of amides is 1. The Hall–Kier alpha value is -1.10. The topological polar surface area (TPSA) is 50.4 Å². The van der Waals surface area contributed by atoms with Crippen LogP contribution in [0.2, 0.25) is 5.02 Å². The highest BCUT2D eigenvalue weighted by Gasteiger charge is 2.16. The SMILES string of the molecule is Cc1ccc(NC(=O)CC(C)NCC2CCCOC2)cc1Cl. The smallest absolute Gasteiger partial charge is 0.225 e. The van der Waals surface area contributed by atoms with Crippen LogP contribution in [-0.2, 0) is 9.53 Å². The Morgan fingerprint density at radius 2 is 2.32 bits per heavy atom. The summed E-state index contributed by atoms with van der Waals surface area (Å²) < 4.78 is 5.46. The summed E-state index contributed by atoms with van der Waals surface area (Å²) in [5.41, 5.74) is 1.75. The molecule has 2 atom stereocenters. The van der Waals surface area contributed by atoms with Crippen LogP contribution in [0.15, 0.2) is 18.2 Å². The summed E-state index contributed by atoms with van der Waals surface area (Å²) >= 11 is 6.06. The number of nitrogens with one attached hydrogen (secondary N) is 2. The Balaban J connectivity index is 1.72. The van der Waals surface area contributed by atoms with Crippen LogP contribution < -0.4 is 10.6 Å². The van der Waals surface area contributed by atoms with E-state index in [9.17, 15) is 4.79 Å². The Morgan fingerprint density at radius 1 is 1.50 bits per heavy atom. The first-order valence-corrected chi connectivity index (χ1v) is 8.29. The number of halogens is 1. The second kappa shape index (κ2) is 8.51. The minimum absolute atomic E-state index is 0.000172. The molecule has 1 heterocycles. The molecule has 1 amide bonds. The van der Waals surface area contributed by atoms with E-state index in [1.54, 1.807) is 6.07 Å². The zero-order chi connectivity index (χ0) is 15.9. The van der Waals surface area contributed by atoms with Crippen LogP contribution in [0.25, 0.3) is 0 Å². The first-order valence-electron chi connectivity index (χ1n) is 7.91. The molecule has 0 saturated carbocycles. The lowest BCUT2D eigenvalue weighted by atomic mass is 10.0. The zero-order valence-electron chi connectivity index (χ0n) is 13.3. The highest BCUT2D eigenvalue weighted by atomic mass is 35.5. The van der Waals surface area contributed by atoms with Crippen LogP contribution in [0.1, 0.15) is 31.7 Å². The quantitative estimate of drug-likeness (QED) is 0.843. The van der Waals surface area contributed by atoms with Gasteiger partial charge in [0.25, 0.3) is 0 Å². The maximum atomic E-state index is 12.1. The van der Waals surface area contributed by atoms with Crippen molar-refractivity contribution in [3.05, 3.63) is 28.8 Å². The van der Waals surface area contributed by atoms with Gasteiger partial charge in [-0.1, -0.05) is 17.7 Å². The molecule has 0 bridgehead atoms. The molecule has 1 aromatic carbocycles. The van der Waals surface area contributed by atoms with Crippen molar-refractivity contribution in [1.29, 1.82) is 0 Å². The van der Waals surface area contributed by atoms with E-state index >= 15 is 0 Å². The predicted molar refractivity (Wildman–Crippen MR) is 90.4 cm³/mol. The molecule has 1 aliphatic heterocycles. The van der Waals surface area contributed by atoms with E-state index in [1.807, 2.05) is 26.0 Å². The summed E-state index contributed by atoms with van der Waals surface area (Å²) in [7, 11) is 0. The average Bonchev–Trinajstić information content (AvgIpc) is 2.50. The second-order valence-electron chi connectivity index (χ2n) is 6.11. The number of carbonyl (C=O) groups is 1. The van der Waals surface area contributed by atoms with Crippen LogP contribution >= 0.6 is 11.6 Å². The van der Waals surface area contributed by atoms with Gasteiger partial charge < -0.3 is 15.4 Å². The number of aryl methyl sites for hydroxylation is 1. The molecule has 22 heavy (non-hydrogen) atoms. The van der Waals surface area contributed by atoms with E-state index in [0.29, 0.717) is 17.4 Å². The summed E-state index contributed by atoms with van der Waals surface area (Å²) in [6, 6.07) is 5.70. The molecule has 2 unspecified atom stereocenters. The van der Waals surface area contributed by atoms with Crippen molar-refractivity contribution in [3.63, 3.8) is 0 Å². The summed E-state index contributed by atoms with van der Waals surface area (Å²) in [4.78, 5) is 12.1. The molecule has 1 aliphatic rings. The van der Waals surface area contributed by atoms with Crippen LogP contribution in [0, 0.1) is 12.8 Å². The van der Waals surface area contributed by atoms with Gasteiger partial charge in [-0.2, -0.15) is 0 Å². The van der Waals surface area contributed by atoms with Gasteiger partial charge in [-0.3, -0.25) is 4.79 Å². The lowest BCUT2D eigenvalue weighted by molar-refractivity contribution is -0.116. The lowest BCUT2D eigenvalue weighted by Crippen LogP contribution is -2.36. The number of anilines is 1. The normalized spacial score (nSPS) is 19.7. The fourth-order valence-electron chi connectivity index (χ4n) is 2.57. The van der Waals surface area contributed by atoms with Crippen molar-refractivity contribution in [2.24, 2.45) is 5.92 Å². The molecule has 1 saturated heterocycles. The molecule has 122 valence electrons. The molecule has 0 aromatic heterocycles. The summed E-state index contributed by atoms with van der Waals surface area (Å²) in [6.45, 7) is 6.59. The van der Waals surface area contributed by atoms with Crippen molar-refractivity contribution in [2.75, 3.05) is 25.1 Å². The fourth-order valence-corrected chi connectivity index (χ4v) is 2.75. The molecule has 0 spiro atoms. The summed E-state index contributed by atoms with van der Waals surface area (Å²) in [5, 5.41) is 6.98. The van der Waals surface area contributed by atoms with Crippen molar-refractivity contribution in [2.45, 2.75) is 39.2 Å². The number of benzene rings is 1. The number of rotatable bonds is 6.